The second-order valence-electron chi connectivity index (χ2n) is 4.14. The molecule has 1 aliphatic rings. The van der Waals surface area contributed by atoms with Gasteiger partial charge in [-0.1, -0.05) is 23.7 Å². The zero-order valence-corrected chi connectivity index (χ0v) is 10.1. The molecule has 0 saturated carbocycles. The molecule has 1 aliphatic heterocycles. The van der Waals surface area contributed by atoms with Crippen LogP contribution < -0.4 is 4.74 Å². The number of benzene rings is 2. The van der Waals surface area contributed by atoms with Crippen LogP contribution in [0.5, 0.6) is 5.75 Å². The first-order chi connectivity index (χ1) is 8.66. The van der Waals surface area contributed by atoms with Crippen LogP contribution in [0.3, 0.4) is 0 Å². The van der Waals surface area contributed by atoms with Gasteiger partial charge in [0.25, 0.3) is 0 Å². The summed E-state index contributed by atoms with van der Waals surface area (Å²) in [5.74, 6) is -1.15. The third kappa shape index (κ3) is 1.75. The largest absolute Gasteiger partial charge is 0.492 e. The summed E-state index contributed by atoms with van der Waals surface area (Å²) in [5.41, 5.74) is 1.61. The molecule has 0 bridgehead atoms. The fourth-order valence-electron chi connectivity index (χ4n) is 2.18. The van der Waals surface area contributed by atoms with Crippen molar-refractivity contribution in [2.24, 2.45) is 0 Å². The van der Waals surface area contributed by atoms with Gasteiger partial charge in [0.15, 0.2) is 11.6 Å². The average molecular weight is 267 g/mol. The van der Waals surface area contributed by atoms with Crippen molar-refractivity contribution in [3.8, 4) is 16.9 Å². The fraction of sp³-hybridized carbons (Fsp3) is 0.143. The van der Waals surface area contributed by atoms with Gasteiger partial charge in [0, 0.05) is 22.6 Å². The van der Waals surface area contributed by atoms with Crippen molar-refractivity contribution in [3.05, 3.63) is 52.6 Å². The first kappa shape index (κ1) is 11.5. The van der Waals surface area contributed by atoms with Crippen LogP contribution in [0.1, 0.15) is 5.56 Å². The van der Waals surface area contributed by atoms with E-state index in [1.54, 1.807) is 12.1 Å². The summed E-state index contributed by atoms with van der Waals surface area (Å²) >= 11 is 6.00. The Hall–Kier alpha value is -1.61. The molecule has 92 valence electrons. The first-order valence-corrected chi connectivity index (χ1v) is 5.94. The molecule has 0 spiro atoms. The van der Waals surface area contributed by atoms with E-state index >= 15 is 0 Å². The Bertz CT molecular complexity index is 625. The van der Waals surface area contributed by atoms with Crippen LogP contribution in [0, 0.1) is 11.6 Å². The highest BCUT2D eigenvalue weighted by molar-refractivity contribution is 6.31. The summed E-state index contributed by atoms with van der Waals surface area (Å²) in [6.07, 6.45) is 0.736. The molecule has 0 aromatic heterocycles. The second kappa shape index (κ2) is 4.25. The molecule has 0 fully saturated rings. The lowest BCUT2D eigenvalue weighted by Gasteiger charge is -2.10. The SMILES string of the molecule is Fc1cccc(-c2cc(Cl)cc3c2OCC3)c1F. The average Bonchev–Trinajstić information content (AvgIpc) is 2.79. The highest BCUT2D eigenvalue weighted by Gasteiger charge is 2.21. The summed E-state index contributed by atoms with van der Waals surface area (Å²) in [6.45, 7) is 0.541. The van der Waals surface area contributed by atoms with Gasteiger partial charge >= 0.3 is 0 Å². The van der Waals surface area contributed by atoms with Crippen LogP contribution in [0.15, 0.2) is 30.3 Å². The van der Waals surface area contributed by atoms with Crippen LogP contribution >= 0.6 is 11.6 Å². The van der Waals surface area contributed by atoms with Gasteiger partial charge in [-0.3, -0.25) is 0 Å². The third-order valence-electron chi connectivity index (χ3n) is 2.99. The number of ether oxygens (including phenoxy) is 1. The van der Waals surface area contributed by atoms with E-state index < -0.39 is 11.6 Å². The van der Waals surface area contributed by atoms with E-state index in [4.69, 9.17) is 16.3 Å². The summed E-state index contributed by atoms with van der Waals surface area (Å²) in [7, 11) is 0. The zero-order chi connectivity index (χ0) is 12.7. The molecule has 1 nitrogen and oxygen atoms in total. The highest BCUT2D eigenvalue weighted by Crippen LogP contribution is 2.40. The van der Waals surface area contributed by atoms with Crippen molar-refractivity contribution in [3.63, 3.8) is 0 Å². The van der Waals surface area contributed by atoms with Crippen LogP contribution in [0.2, 0.25) is 5.02 Å². The lowest BCUT2D eigenvalue weighted by molar-refractivity contribution is 0.358. The maximum Gasteiger partial charge on any atom is 0.166 e. The van der Waals surface area contributed by atoms with Crippen LogP contribution in [0.4, 0.5) is 8.78 Å². The Morgan fingerprint density at radius 2 is 1.94 bits per heavy atom. The lowest BCUT2D eigenvalue weighted by atomic mass is 10.0. The predicted octanol–water partition coefficient (Wildman–Crippen LogP) is 4.22. The van der Waals surface area contributed by atoms with E-state index in [1.807, 2.05) is 0 Å². The molecule has 3 rings (SSSR count). The molecule has 0 unspecified atom stereocenters. The van der Waals surface area contributed by atoms with Crippen molar-refractivity contribution >= 4 is 11.6 Å². The Labute approximate surface area is 108 Å². The summed E-state index contributed by atoms with van der Waals surface area (Å²) in [5, 5.41) is 0.498. The first-order valence-electron chi connectivity index (χ1n) is 5.56. The molecule has 4 heteroatoms. The number of hydrogen-bond acceptors (Lipinski definition) is 1. The molecular weight excluding hydrogens is 258 g/mol. The Balaban J connectivity index is 2.26. The van der Waals surface area contributed by atoms with E-state index in [0.717, 1.165) is 18.1 Å². The summed E-state index contributed by atoms with van der Waals surface area (Å²) in [4.78, 5) is 0. The van der Waals surface area contributed by atoms with Gasteiger partial charge in [0.05, 0.1) is 6.61 Å². The van der Waals surface area contributed by atoms with E-state index in [2.05, 4.69) is 0 Å². The smallest absolute Gasteiger partial charge is 0.166 e. The van der Waals surface area contributed by atoms with Gasteiger partial charge in [-0.25, -0.2) is 8.78 Å². The molecule has 0 radical (unpaired) electrons. The summed E-state index contributed by atoms with van der Waals surface area (Å²) in [6, 6.07) is 7.47. The van der Waals surface area contributed by atoms with Crippen LogP contribution in [-0.4, -0.2) is 6.61 Å². The van der Waals surface area contributed by atoms with Crippen molar-refractivity contribution in [2.45, 2.75) is 6.42 Å². The van der Waals surface area contributed by atoms with Crippen LogP contribution in [0.25, 0.3) is 11.1 Å². The standard InChI is InChI=1S/C14H9ClF2O/c15-9-6-8-4-5-18-14(8)11(7-9)10-2-1-3-12(16)13(10)17/h1-3,6-7H,4-5H2. The minimum absolute atomic E-state index is 0.177. The van der Waals surface area contributed by atoms with Crippen molar-refractivity contribution in [1.29, 1.82) is 0 Å². The molecule has 2 aromatic rings. The minimum Gasteiger partial charge on any atom is -0.492 e. The number of fused-ring (bicyclic) bond motifs is 1. The molecular formula is C14H9ClF2O. The third-order valence-corrected chi connectivity index (χ3v) is 3.21. The molecule has 0 atom stereocenters. The van der Waals surface area contributed by atoms with Crippen LogP contribution in [-0.2, 0) is 6.42 Å². The zero-order valence-electron chi connectivity index (χ0n) is 9.34. The van der Waals surface area contributed by atoms with Gasteiger partial charge in [-0.2, -0.15) is 0 Å². The Morgan fingerprint density at radius 1 is 1.11 bits per heavy atom. The topological polar surface area (TPSA) is 9.23 Å². The van der Waals surface area contributed by atoms with Gasteiger partial charge in [0.2, 0.25) is 0 Å². The molecule has 0 N–H and O–H groups in total. The van der Waals surface area contributed by atoms with Gasteiger partial charge < -0.3 is 4.74 Å². The normalized spacial score (nSPS) is 13.3. The number of halogens is 3. The molecule has 0 amide bonds. The van der Waals surface area contributed by atoms with Gasteiger partial charge in [0.1, 0.15) is 5.75 Å². The lowest BCUT2D eigenvalue weighted by Crippen LogP contribution is -1.93. The maximum atomic E-state index is 13.8. The monoisotopic (exact) mass is 266 g/mol. The van der Waals surface area contributed by atoms with E-state index in [0.29, 0.717) is 22.9 Å². The molecule has 0 aliphatic carbocycles. The van der Waals surface area contributed by atoms with Gasteiger partial charge in [-0.05, 0) is 23.8 Å². The van der Waals surface area contributed by atoms with E-state index in [1.165, 1.54) is 12.1 Å². The molecule has 2 aromatic carbocycles. The van der Waals surface area contributed by atoms with E-state index in [-0.39, 0.29) is 5.56 Å². The molecule has 0 saturated heterocycles. The number of rotatable bonds is 1. The number of hydrogen-bond donors (Lipinski definition) is 0. The van der Waals surface area contributed by atoms with E-state index in [9.17, 15) is 8.78 Å². The van der Waals surface area contributed by atoms with Gasteiger partial charge in [-0.15, -0.1) is 0 Å². The Morgan fingerprint density at radius 3 is 2.78 bits per heavy atom. The Kier molecular flexibility index (Phi) is 2.71. The minimum atomic E-state index is -0.877. The maximum absolute atomic E-state index is 13.8. The molecule has 1 heterocycles. The van der Waals surface area contributed by atoms with Crippen molar-refractivity contribution < 1.29 is 13.5 Å². The van der Waals surface area contributed by atoms with Crippen molar-refractivity contribution in [1.82, 2.24) is 0 Å². The summed E-state index contributed by atoms with van der Waals surface area (Å²) < 4.78 is 32.6. The second-order valence-corrected chi connectivity index (χ2v) is 4.58. The predicted molar refractivity (Wildman–Crippen MR) is 66.0 cm³/mol. The van der Waals surface area contributed by atoms with Crippen molar-refractivity contribution in [2.75, 3.05) is 6.61 Å². The molecule has 18 heavy (non-hydrogen) atoms. The quantitative estimate of drug-likeness (QED) is 0.751. The fourth-order valence-corrected chi connectivity index (χ4v) is 2.42. The highest BCUT2D eigenvalue weighted by atomic mass is 35.5.